The van der Waals surface area contributed by atoms with Gasteiger partial charge in [-0.25, -0.2) is 4.68 Å². The minimum Gasteiger partial charge on any atom is -0.496 e. The molecular formula is C20H20ClN3O4. The second-order valence-electron chi connectivity index (χ2n) is 5.83. The number of hydrogen-bond donors (Lipinski definition) is 1. The first kappa shape index (κ1) is 19.6. The van der Waals surface area contributed by atoms with Crippen molar-refractivity contribution in [3.63, 3.8) is 0 Å². The molecule has 3 rings (SSSR count). The first-order valence-electron chi connectivity index (χ1n) is 8.44. The van der Waals surface area contributed by atoms with E-state index < -0.39 is 0 Å². The maximum atomic E-state index is 12.7. The Morgan fingerprint density at radius 1 is 1.07 bits per heavy atom. The number of para-hydroxylation sites is 1. The van der Waals surface area contributed by atoms with Gasteiger partial charge in [-0.1, -0.05) is 23.7 Å². The Morgan fingerprint density at radius 3 is 2.57 bits per heavy atom. The van der Waals surface area contributed by atoms with Crippen LogP contribution in [0.25, 0.3) is 0 Å². The number of benzene rings is 2. The van der Waals surface area contributed by atoms with Crippen molar-refractivity contribution in [2.75, 3.05) is 26.6 Å². The minimum absolute atomic E-state index is 0.335. The van der Waals surface area contributed by atoms with E-state index in [9.17, 15) is 4.79 Å². The number of amides is 1. The number of anilines is 1. The molecule has 1 amide bonds. The predicted octanol–water partition coefficient (Wildman–Crippen LogP) is 3.86. The van der Waals surface area contributed by atoms with Crippen molar-refractivity contribution < 1.29 is 19.0 Å². The Morgan fingerprint density at radius 2 is 1.86 bits per heavy atom. The summed E-state index contributed by atoms with van der Waals surface area (Å²) in [7, 11) is 4.66. The van der Waals surface area contributed by atoms with Gasteiger partial charge < -0.3 is 19.5 Å². The third-order valence-corrected chi connectivity index (χ3v) is 4.40. The summed E-state index contributed by atoms with van der Waals surface area (Å²) in [6, 6.07) is 12.2. The number of ether oxygens (including phenoxy) is 3. The fourth-order valence-electron chi connectivity index (χ4n) is 2.85. The van der Waals surface area contributed by atoms with Crippen LogP contribution < -0.4 is 19.5 Å². The van der Waals surface area contributed by atoms with E-state index in [0.29, 0.717) is 40.2 Å². The average molecular weight is 402 g/mol. The first-order valence-corrected chi connectivity index (χ1v) is 8.81. The van der Waals surface area contributed by atoms with Crippen LogP contribution in [0, 0.1) is 0 Å². The van der Waals surface area contributed by atoms with Crippen molar-refractivity contribution >= 4 is 23.3 Å². The van der Waals surface area contributed by atoms with Crippen LogP contribution in [0.4, 0.5) is 5.82 Å². The maximum absolute atomic E-state index is 12.7. The van der Waals surface area contributed by atoms with Gasteiger partial charge >= 0.3 is 0 Å². The first-order chi connectivity index (χ1) is 13.6. The van der Waals surface area contributed by atoms with E-state index in [2.05, 4.69) is 10.4 Å². The number of aromatic nitrogens is 2. The highest BCUT2D eigenvalue weighted by Crippen LogP contribution is 2.31. The van der Waals surface area contributed by atoms with Crippen molar-refractivity contribution in [1.82, 2.24) is 9.78 Å². The fourth-order valence-corrected chi connectivity index (χ4v) is 3.02. The molecule has 28 heavy (non-hydrogen) atoms. The van der Waals surface area contributed by atoms with E-state index in [1.807, 2.05) is 18.2 Å². The molecule has 1 heterocycles. The van der Waals surface area contributed by atoms with E-state index in [-0.39, 0.29) is 5.91 Å². The average Bonchev–Trinajstić information content (AvgIpc) is 3.14. The summed E-state index contributed by atoms with van der Waals surface area (Å²) in [6.07, 6.45) is 1.61. The number of carbonyl (C=O) groups excluding carboxylic acids is 1. The molecule has 0 saturated carbocycles. The van der Waals surface area contributed by atoms with Gasteiger partial charge in [-0.15, -0.1) is 0 Å². The second kappa shape index (κ2) is 8.67. The summed E-state index contributed by atoms with van der Waals surface area (Å²) >= 11 is 6.02. The summed E-state index contributed by atoms with van der Waals surface area (Å²) in [5.74, 6) is 1.86. The zero-order chi connectivity index (χ0) is 20.1. The van der Waals surface area contributed by atoms with Gasteiger partial charge in [-0.2, -0.15) is 5.10 Å². The topological polar surface area (TPSA) is 74.6 Å². The largest absolute Gasteiger partial charge is 0.496 e. The lowest BCUT2D eigenvalue weighted by molar-refractivity contribution is 0.102. The van der Waals surface area contributed by atoms with Gasteiger partial charge in [0, 0.05) is 16.7 Å². The molecule has 0 fully saturated rings. The number of methoxy groups -OCH3 is 3. The number of carbonyl (C=O) groups is 1. The number of nitrogens with zero attached hydrogens (tertiary/aromatic N) is 2. The van der Waals surface area contributed by atoms with Crippen LogP contribution >= 0.6 is 11.6 Å². The van der Waals surface area contributed by atoms with E-state index in [1.54, 1.807) is 49.4 Å². The molecule has 0 bridgehead atoms. The van der Waals surface area contributed by atoms with Crippen LogP contribution in [0.5, 0.6) is 17.2 Å². The molecule has 7 nitrogen and oxygen atoms in total. The zero-order valence-corrected chi connectivity index (χ0v) is 16.5. The summed E-state index contributed by atoms with van der Waals surface area (Å²) in [5, 5.41) is 7.59. The van der Waals surface area contributed by atoms with Crippen molar-refractivity contribution in [2.45, 2.75) is 6.54 Å². The molecule has 0 aliphatic carbocycles. The monoisotopic (exact) mass is 401 g/mol. The molecule has 1 aromatic heterocycles. The summed E-state index contributed by atoms with van der Waals surface area (Å²) in [6.45, 7) is 0.385. The van der Waals surface area contributed by atoms with E-state index in [4.69, 9.17) is 25.8 Å². The number of rotatable bonds is 7. The summed E-state index contributed by atoms with van der Waals surface area (Å²) in [5.41, 5.74) is 1.20. The molecule has 0 radical (unpaired) electrons. The maximum Gasteiger partial charge on any atom is 0.260 e. The van der Waals surface area contributed by atoms with Crippen LogP contribution in [0.3, 0.4) is 0 Å². The van der Waals surface area contributed by atoms with Crippen LogP contribution in [0.15, 0.2) is 48.7 Å². The van der Waals surface area contributed by atoms with Crippen molar-refractivity contribution in [3.05, 3.63) is 64.8 Å². The molecule has 0 aliphatic heterocycles. The zero-order valence-electron chi connectivity index (χ0n) is 15.7. The standard InChI is InChI=1S/C20H20ClN3O4/c1-26-16-8-7-14(21)11-15(16)20(25)23-18-9-10-22-24(18)12-13-5-4-6-17(27-2)19(13)28-3/h4-11H,12H2,1-3H3,(H,23,25). The Balaban J connectivity index is 1.86. The molecule has 3 aromatic rings. The summed E-state index contributed by atoms with van der Waals surface area (Å²) in [4.78, 5) is 12.7. The van der Waals surface area contributed by atoms with Crippen LogP contribution in [-0.2, 0) is 6.54 Å². The third kappa shape index (κ3) is 4.04. The molecule has 0 aliphatic rings. The van der Waals surface area contributed by atoms with E-state index in [0.717, 1.165) is 5.56 Å². The van der Waals surface area contributed by atoms with Gasteiger partial charge in [0.05, 0.1) is 39.6 Å². The summed E-state index contributed by atoms with van der Waals surface area (Å²) < 4.78 is 17.7. The molecule has 146 valence electrons. The highest BCUT2D eigenvalue weighted by atomic mass is 35.5. The molecular weight excluding hydrogens is 382 g/mol. The van der Waals surface area contributed by atoms with Crippen molar-refractivity contribution in [3.8, 4) is 17.2 Å². The molecule has 0 unspecified atom stereocenters. The second-order valence-corrected chi connectivity index (χ2v) is 6.26. The molecule has 0 saturated heterocycles. The van der Waals surface area contributed by atoms with E-state index in [1.165, 1.54) is 7.11 Å². The Bertz CT molecular complexity index is 987. The molecule has 2 aromatic carbocycles. The van der Waals surface area contributed by atoms with Gasteiger partial charge in [0.1, 0.15) is 11.6 Å². The van der Waals surface area contributed by atoms with Crippen LogP contribution in [0.1, 0.15) is 15.9 Å². The molecule has 0 spiro atoms. The smallest absolute Gasteiger partial charge is 0.260 e. The van der Waals surface area contributed by atoms with Gasteiger partial charge in [0.15, 0.2) is 11.5 Å². The lowest BCUT2D eigenvalue weighted by atomic mass is 10.2. The van der Waals surface area contributed by atoms with Gasteiger partial charge in [0.2, 0.25) is 0 Å². The number of halogens is 1. The molecule has 1 N–H and O–H groups in total. The highest BCUT2D eigenvalue weighted by molar-refractivity contribution is 6.31. The van der Waals surface area contributed by atoms with Gasteiger partial charge in [-0.05, 0) is 24.3 Å². The van der Waals surface area contributed by atoms with E-state index >= 15 is 0 Å². The van der Waals surface area contributed by atoms with Crippen molar-refractivity contribution in [1.29, 1.82) is 0 Å². The van der Waals surface area contributed by atoms with Crippen LogP contribution in [-0.4, -0.2) is 37.0 Å². The lowest BCUT2D eigenvalue weighted by Crippen LogP contribution is -2.17. The van der Waals surface area contributed by atoms with Crippen LogP contribution in [0.2, 0.25) is 5.02 Å². The Kier molecular flexibility index (Phi) is 6.06. The number of hydrogen-bond acceptors (Lipinski definition) is 5. The van der Waals surface area contributed by atoms with Crippen molar-refractivity contribution in [2.24, 2.45) is 0 Å². The quantitative estimate of drug-likeness (QED) is 0.650. The van der Waals surface area contributed by atoms with Gasteiger partial charge in [0.25, 0.3) is 5.91 Å². The predicted molar refractivity (Wildman–Crippen MR) is 107 cm³/mol. The number of nitrogens with one attached hydrogen (secondary N) is 1. The molecule has 0 atom stereocenters. The molecule has 8 heteroatoms. The Hall–Kier alpha value is -3.19. The third-order valence-electron chi connectivity index (χ3n) is 4.17. The Labute approximate surface area is 167 Å². The highest BCUT2D eigenvalue weighted by Gasteiger charge is 2.16. The fraction of sp³-hybridized carbons (Fsp3) is 0.200. The SMILES string of the molecule is COc1ccc(Cl)cc1C(=O)Nc1ccnn1Cc1cccc(OC)c1OC. The van der Waals surface area contributed by atoms with Gasteiger partial charge in [-0.3, -0.25) is 4.79 Å². The minimum atomic E-state index is -0.348. The lowest BCUT2D eigenvalue weighted by Gasteiger charge is -2.15. The normalized spacial score (nSPS) is 10.4.